The van der Waals surface area contributed by atoms with Gasteiger partial charge >= 0.3 is 0 Å². The lowest BCUT2D eigenvalue weighted by molar-refractivity contribution is -0.110. The van der Waals surface area contributed by atoms with Gasteiger partial charge in [0.2, 0.25) is 0 Å². The quantitative estimate of drug-likeness (QED) is 0.378. The van der Waals surface area contributed by atoms with Gasteiger partial charge in [-0.25, -0.2) is 0 Å². The zero-order valence-electron chi connectivity index (χ0n) is 17.3. The summed E-state index contributed by atoms with van der Waals surface area (Å²) in [5.41, 5.74) is 2.33. The van der Waals surface area contributed by atoms with Gasteiger partial charge in [0.1, 0.15) is 6.29 Å². The number of thiophene rings is 1. The monoisotopic (exact) mass is 495 g/mol. The molecule has 1 heterocycles. The second kappa shape index (κ2) is 16.0. The molecule has 0 radical (unpaired) electrons. The number of anilines is 1. The first-order valence-corrected chi connectivity index (χ1v) is 11.5. The van der Waals surface area contributed by atoms with Gasteiger partial charge in [-0.2, -0.15) is 0 Å². The molecule has 30 heavy (non-hydrogen) atoms. The van der Waals surface area contributed by atoms with E-state index in [4.69, 9.17) is 9.90 Å². The van der Waals surface area contributed by atoms with Crippen LogP contribution in [-0.4, -0.2) is 44.0 Å². The molecule has 0 spiro atoms. The summed E-state index contributed by atoms with van der Waals surface area (Å²) in [7, 11) is 1.64. The minimum Gasteiger partial charge on any atom is -0.389 e. The predicted molar refractivity (Wildman–Crippen MR) is 129 cm³/mol. The number of rotatable bonds is 7. The van der Waals surface area contributed by atoms with Crippen LogP contribution in [0.15, 0.2) is 47.5 Å². The maximum absolute atomic E-state index is 10.9. The van der Waals surface area contributed by atoms with Gasteiger partial charge in [-0.05, 0) is 52.5 Å². The van der Waals surface area contributed by atoms with Gasteiger partial charge in [-0.1, -0.05) is 37.5 Å². The summed E-state index contributed by atoms with van der Waals surface area (Å²) < 4.78 is 5.56. The summed E-state index contributed by atoms with van der Waals surface area (Å²) in [6.07, 6.45) is 9.61. The standard InChI is InChI=1S/C17H18BrNOS.C4H8O.C2H4O2/c18-16-10-15(11-20)21-17(16)12-5-4-8-14(9-12)19-13-6-2-1-3-7-13;1-3-4-5-2;3-1-2-4/h4-5,8-11,13,19H,1-3,6-7H2;3H,1,4H2,2H3;1,4H,2H2. The molecule has 0 aliphatic heterocycles. The second-order valence-electron chi connectivity index (χ2n) is 6.60. The molecule has 2 N–H and O–H groups in total. The van der Waals surface area contributed by atoms with Crippen molar-refractivity contribution in [3.8, 4) is 10.4 Å². The highest BCUT2D eigenvalue weighted by Gasteiger charge is 2.14. The van der Waals surface area contributed by atoms with Crippen LogP contribution in [0.5, 0.6) is 0 Å². The Kier molecular flexibility index (Phi) is 14.0. The number of halogens is 1. The zero-order valence-corrected chi connectivity index (χ0v) is 19.7. The largest absolute Gasteiger partial charge is 0.389 e. The SMILES string of the molecule is C=CCOC.O=CCO.O=Cc1cc(Br)c(-c2cccc(NC3CCCCC3)c2)s1. The van der Waals surface area contributed by atoms with Crippen LogP contribution >= 0.6 is 27.3 Å². The first-order chi connectivity index (χ1) is 14.6. The molecule has 1 aromatic carbocycles. The van der Waals surface area contributed by atoms with E-state index >= 15 is 0 Å². The van der Waals surface area contributed by atoms with Crippen molar-refractivity contribution in [1.82, 2.24) is 0 Å². The molecule has 0 unspecified atom stereocenters. The summed E-state index contributed by atoms with van der Waals surface area (Å²) >= 11 is 5.07. The lowest BCUT2D eigenvalue weighted by Crippen LogP contribution is -2.22. The van der Waals surface area contributed by atoms with E-state index in [0.29, 0.717) is 18.9 Å². The Balaban J connectivity index is 0.000000425. The Morgan fingerprint density at radius 2 is 1.97 bits per heavy atom. The molecular weight excluding hydrogens is 466 g/mol. The first-order valence-electron chi connectivity index (χ1n) is 9.85. The lowest BCUT2D eigenvalue weighted by Gasteiger charge is -2.24. The third kappa shape index (κ3) is 9.80. The average molecular weight is 496 g/mol. The van der Waals surface area contributed by atoms with Gasteiger partial charge < -0.3 is 20.0 Å². The van der Waals surface area contributed by atoms with Gasteiger partial charge in [0, 0.05) is 28.2 Å². The van der Waals surface area contributed by atoms with Crippen molar-refractivity contribution in [2.75, 3.05) is 25.6 Å². The van der Waals surface area contributed by atoms with Crippen LogP contribution in [0.1, 0.15) is 41.8 Å². The Morgan fingerprint density at radius 3 is 2.47 bits per heavy atom. The summed E-state index contributed by atoms with van der Waals surface area (Å²) in [6, 6.07) is 11.0. The van der Waals surface area contributed by atoms with Crippen molar-refractivity contribution < 1.29 is 19.4 Å². The molecule has 164 valence electrons. The van der Waals surface area contributed by atoms with E-state index in [9.17, 15) is 4.79 Å². The predicted octanol–water partition coefficient (Wildman–Crippen LogP) is 5.73. The van der Waals surface area contributed by atoms with E-state index in [0.717, 1.165) is 26.1 Å². The number of aldehydes is 2. The van der Waals surface area contributed by atoms with Crippen molar-refractivity contribution in [2.24, 2.45) is 0 Å². The molecule has 1 fully saturated rings. The van der Waals surface area contributed by atoms with Gasteiger partial charge in [-0.3, -0.25) is 4.79 Å². The number of methoxy groups -OCH3 is 1. The molecule has 0 bridgehead atoms. The fraction of sp³-hybridized carbons (Fsp3) is 0.391. The molecule has 5 nitrogen and oxygen atoms in total. The molecule has 0 saturated heterocycles. The van der Waals surface area contributed by atoms with Crippen molar-refractivity contribution in [3.63, 3.8) is 0 Å². The Labute approximate surface area is 191 Å². The third-order valence-corrected chi connectivity index (χ3v) is 6.28. The minimum atomic E-state index is -0.361. The van der Waals surface area contributed by atoms with Gasteiger partial charge in [-0.15, -0.1) is 17.9 Å². The number of hydrogen-bond acceptors (Lipinski definition) is 6. The second-order valence-corrected chi connectivity index (χ2v) is 8.54. The van der Waals surface area contributed by atoms with Crippen LogP contribution in [0.3, 0.4) is 0 Å². The average Bonchev–Trinajstić information content (AvgIpc) is 3.17. The van der Waals surface area contributed by atoms with E-state index in [2.05, 4.69) is 56.8 Å². The maximum Gasteiger partial charge on any atom is 0.160 e. The summed E-state index contributed by atoms with van der Waals surface area (Å²) in [6.45, 7) is 3.72. The topological polar surface area (TPSA) is 75.6 Å². The zero-order chi connectivity index (χ0) is 22.2. The van der Waals surface area contributed by atoms with Crippen LogP contribution in [0.2, 0.25) is 0 Å². The van der Waals surface area contributed by atoms with Crippen LogP contribution < -0.4 is 5.32 Å². The first kappa shape index (κ1) is 26.2. The molecule has 2 aromatic rings. The lowest BCUT2D eigenvalue weighted by atomic mass is 9.95. The normalized spacial score (nSPS) is 13.2. The van der Waals surface area contributed by atoms with Gasteiger partial charge in [0.15, 0.2) is 6.29 Å². The molecule has 0 atom stereocenters. The van der Waals surface area contributed by atoms with Crippen LogP contribution in [0.25, 0.3) is 10.4 Å². The minimum absolute atomic E-state index is 0.361. The van der Waals surface area contributed by atoms with Crippen LogP contribution in [0, 0.1) is 0 Å². The smallest absolute Gasteiger partial charge is 0.160 e. The molecule has 3 rings (SSSR count). The van der Waals surface area contributed by atoms with Gasteiger partial charge in [0.05, 0.1) is 18.1 Å². The van der Waals surface area contributed by atoms with Crippen molar-refractivity contribution in [1.29, 1.82) is 0 Å². The molecule has 1 aliphatic rings. The third-order valence-electron chi connectivity index (χ3n) is 4.28. The maximum atomic E-state index is 10.9. The molecule has 1 saturated carbocycles. The number of benzene rings is 1. The van der Waals surface area contributed by atoms with E-state index in [1.807, 2.05) is 6.07 Å². The number of hydrogen-bond donors (Lipinski definition) is 2. The summed E-state index contributed by atoms with van der Waals surface area (Å²) in [4.78, 5) is 21.7. The molecule has 1 aliphatic carbocycles. The highest BCUT2D eigenvalue weighted by atomic mass is 79.9. The number of nitrogens with one attached hydrogen (secondary N) is 1. The van der Waals surface area contributed by atoms with E-state index in [1.165, 1.54) is 49.1 Å². The number of aliphatic hydroxyl groups excluding tert-OH is 1. The van der Waals surface area contributed by atoms with E-state index < -0.39 is 0 Å². The van der Waals surface area contributed by atoms with Crippen LogP contribution in [0.4, 0.5) is 5.69 Å². The Hall–Kier alpha value is -1.80. The fourth-order valence-corrected chi connectivity index (χ4v) is 4.72. The molecule has 0 amide bonds. The highest BCUT2D eigenvalue weighted by Crippen LogP contribution is 2.37. The Morgan fingerprint density at radius 1 is 1.27 bits per heavy atom. The van der Waals surface area contributed by atoms with Crippen molar-refractivity contribution >= 4 is 45.5 Å². The molecular formula is C23H30BrNO4S. The number of ether oxygens (including phenoxy) is 1. The molecule has 7 heteroatoms. The molecule has 1 aromatic heterocycles. The van der Waals surface area contributed by atoms with Crippen LogP contribution in [-0.2, 0) is 9.53 Å². The van der Waals surface area contributed by atoms with E-state index in [-0.39, 0.29) is 6.61 Å². The highest BCUT2D eigenvalue weighted by molar-refractivity contribution is 9.10. The van der Waals surface area contributed by atoms with Crippen molar-refractivity contribution in [2.45, 2.75) is 38.1 Å². The number of carbonyl (C=O) groups is 2. The number of carbonyl (C=O) groups excluding carboxylic acids is 2. The fourth-order valence-electron chi connectivity index (χ4n) is 2.99. The summed E-state index contributed by atoms with van der Waals surface area (Å²) in [5, 5.41) is 11.2. The number of aliphatic hydroxyl groups is 1. The van der Waals surface area contributed by atoms with Gasteiger partial charge in [0.25, 0.3) is 0 Å². The summed E-state index contributed by atoms with van der Waals surface area (Å²) in [5.74, 6) is 0. The Bertz CT molecular complexity index is 772. The van der Waals surface area contributed by atoms with E-state index in [1.54, 1.807) is 13.2 Å². The van der Waals surface area contributed by atoms with Crippen molar-refractivity contribution in [3.05, 3.63) is 52.3 Å².